The van der Waals surface area contributed by atoms with Gasteiger partial charge in [0.2, 0.25) is 5.91 Å². The Morgan fingerprint density at radius 3 is 2.42 bits per heavy atom. The minimum absolute atomic E-state index is 0. The number of nitrogens with two attached hydrogens (primary N) is 1. The van der Waals surface area contributed by atoms with Gasteiger partial charge in [-0.25, -0.2) is 0 Å². The molecular formula is C19H36ClN3O3. The van der Waals surface area contributed by atoms with E-state index in [4.69, 9.17) is 10.5 Å². The van der Waals surface area contributed by atoms with E-state index >= 15 is 0 Å². The molecule has 2 aliphatic rings. The number of piperidine rings is 1. The van der Waals surface area contributed by atoms with Gasteiger partial charge >= 0.3 is 0 Å². The molecule has 7 heteroatoms. The smallest absolute Gasteiger partial charge is 0.251 e. The molecule has 26 heavy (non-hydrogen) atoms. The second kappa shape index (κ2) is 12.5. The zero-order chi connectivity index (χ0) is 18.1. The van der Waals surface area contributed by atoms with Crippen LogP contribution in [0.2, 0.25) is 0 Å². The summed E-state index contributed by atoms with van der Waals surface area (Å²) in [7, 11) is 0. The number of nitrogens with one attached hydrogen (secondary N) is 1. The summed E-state index contributed by atoms with van der Waals surface area (Å²) in [5, 5.41) is 2.91. The highest BCUT2D eigenvalue weighted by Gasteiger charge is 2.31. The number of amides is 2. The number of hydrogen-bond donors (Lipinski definition) is 2. The van der Waals surface area contributed by atoms with Gasteiger partial charge in [-0.2, -0.15) is 0 Å². The van der Waals surface area contributed by atoms with Crippen LogP contribution in [0, 0.1) is 0 Å². The Morgan fingerprint density at radius 2 is 1.77 bits per heavy atom. The number of nitrogens with zero attached hydrogens (tertiary/aromatic N) is 1. The van der Waals surface area contributed by atoms with Crippen molar-refractivity contribution < 1.29 is 14.3 Å². The average molecular weight is 390 g/mol. The van der Waals surface area contributed by atoms with Crippen LogP contribution in [0.4, 0.5) is 0 Å². The summed E-state index contributed by atoms with van der Waals surface area (Å²) in [6.07, 6.45) is 10.3. The van der Waals surface area contributed by atoms with Gasteiger partial charge in [0, 0.05) is 32.1 Å². The van der Waals surface area contributed by atoms with E-state index in [2.05, 4.69) is 5.32 Å². The molecule has 1 aliphatic heterocycles. The Labute approximate surface area is 164 Å². The van der Waals surface area contributed by atoms with Crippen molar-refractivity contribution in [1.82, 2.24) is 10.2 Å². The molecule has 6 nitrogen and oxygen atoms in total. The molecule has 0 aromatic rings. The molecule has 1 aliphatic carbocycles. The number of rotatable bonds is 7. The Kier molecular flexibility index (Phi) is 11.2. The van der Waals surface area contributed by atoms with E-state index in [1.54, 1.807) is 0 Å². The number of carbonyl (C=O) groups is 2. The first-order valence-electron chi connectivity index (χ1n) is 10.0. The summed E-state index contributed by atoms with van der Waals surface area (Å²) < 4.78 is 6.10. The zero-order valence-corrected chi connectivity index (χ0v) is 16.9. The highest BCUT2D eigenvalue weighted by atomic mass is 35.5. The molecule has 0 aromatic heterocycles. The Balaban J connectivity index is 0.00000338. The van der Waals surface area contributed by atoms with E-state index in [-0.39, 0.29) is 36.4 Å². The normalized spacial score (nSPS) is 22.8. The Hall–Kier alpha value is -0.850. The van der Waals surface area contributed by atoms with Crippen LogP contribution in [0.3, 0.4) is 0 Å². The molecule has 1 saturated carbocycles. The molecule has 0 spiro atoms. The molecule has 0 aromatic carbocycles. The van der Waals surface area contributed by atoms with Crippen LogP contribution >= 0.6 is 12.4 Å². The molecule has 152 valence electrons. The summed E-state index contributed by atoms with van der Waals surface area (Å²) >= 11 is 0. The van der Waals surface area contributed by atoms with Crippen LogP contribution in [0.15, 0.2) is 0 Å². The van der Waals surface area contributed by atoms with Crippen molar-refractivity contribution in [2.24, 2.45) is 5.73 Å². The van der Waals surface area contributed by atoms with Gasteiger partial charge in [0.1, 0.15) is 6.10 Å². The molecule has 2 fully saturated rings. The molecule has 2 rings (SSSR count). The maximum atomic E-state index is 12.9. The lowest BCUT2D eigenvalue weighted by Crippen LogP contribution is -2.52. The van der Waals surface area contributed by atoms with Gasteiger partial charge in [-0.05, 0) is 39.0 Å². The van der Waals surface area contributed by atoms with Crippen molar-refractivity contribution in [3.63, 3.8) is 0 Å². The third-order valence-corrected chi connectivity index (χ3v) is 5.36. The van der Waals surface area contributed by atoms with Crippen molar-refractivity contribution in [3.05, 3.63) is 0 Å². The maximum Gasteiger partial charge on any atom is 0.251 e. The SMILES string of the molecule is CC(OC1CCCCCC1)C(=O)N1CCCCC1CNC(=O)CCN.Cl. The molecule has 2 amide bonds. The fourth-order valence-corrected chi connectivity index (χ4v) is 3.91. The van der Waals surface area contributed by atoms with Crippen LogP contribution in [0.25, 0.3) is 0 Å². The van der Waals surface area contributed by atoms with Crippen molar-refractivity contribution in [2.75, 3.05) is 19.6 Å². The quantitative estimate of drug-likeness (QED) is 0.654. The highest BCUT2D eigenvalue weighted by molar-refractivity contribution is 5.85. The standard InChI is InChI=1S/C19H35N3O3.ClH/c1-15(25-17-9-4-2-3-5-10-17)19(24)22-13-7-6-8-16(22)14-21-18(23)11-12-20;/h15-17H,2-14,20H2,1H3,(H,21,23);1H. The van der Waals surface area contributed by atoms with E-state index in [9.17, 15) is 9.59 Å². The molecule has 3 N–H and O–H groups in total. The van der Waals surface area contributed by atoms with Crippen LogP contribution < -0.4 is 11.1 Å². The minimum atomic E-state index is -0.400. The van der Waals surface area contributed by atoms with Gasteiger partial charge in [-0.3, -0.25) is 9.59 Å². The Morgan fingerprint density at radius 1 is 1.12 bits per heavy atom. The predicted molar refractivity (Wildman–Crippen MR) is 105 cm³/mol. The monoisotopic (exact) mass is 389 g/mol. The Bertz CT molecular complexity index is 428. The van der Waals surface area contributed by atoms with Gasteiger partial charge in [0.25, 0.3) is 5.91 Å². The molecular weight excluding hydrogens is 354 g/mol. The van der Waals surface area contributed by atoms with Crippen molar-refractivity contribution in [1.29, 1.82) is 0 Å². The van der Waals surface area contributed by atoms with Crippen molar-refractivity contribution >= 4 is 24.2 Å². The topological polar surface area (TPSA) is 84.7 Å². The van der Waals surface area contributed by atoms with Gasteiger partial charge < -0.3 is 20.7 Å². The number of likely N-dealkylation sites (tertiary alicyclic amines) is 1. The molecule has 2 atom stereocenters. The van der Waals surface area contributed by atoms with E-state index in [1.165, 1.54) is 25.7 Å². The van der Waals surface area contributed by atoms with Gasteiger partial charge in [-0.15, -0.1) is 12.4 Å². The third-order valence-electron chi connectivity index (χ3n) is 5.36. The second-order valence-corrected chi connectivity index (χ2v) is 7.42. The van der Waals surface area contributed by atoms with Crippen LogP contribution in [0.5, 0.6) is 0 Å². The first-order chi connectivity index (χ1) is 12.1. The average Bonchev–Trinajstić information content (AvgIpc) is 2.88. The summed E-state index contributed by atoms with van der Waals surface area (Å²) in [6, 6.07) is 0.0724. The summed E-state index contributed by atoms with van der Waals surface area (Å²) in [6.45, 7) is 3.51. The van der Waals surface area contributed by atoms with Crippen molar-refractivity contribution in [3.8, 4) is 0 Å². The second-order valence-electron chi connectivity index (χ2n) is 7.42. The van der Waals surface area contributed by atoms with E-state index in [0.717, 1.165) is 38.6 Å². The number of ether oxygens (including phenoxy) is 1. The van der Waals surface area contributed by atoms with E-state index < -0.39 is 6.10 Å². The lowest BCUT2D eigenvalue weighted by Gasteiger charge is -2.37. The summed E-state index contributed by atoms with van der Waals surface area (Å²) in [4.78, 5) is 26.5. The van der Waals surface area contributed by atoms with E-state index in [1.807, 2.05) is 11.8 Å². The van der Waals surface area contributed by atoms with Crippen LogP contribution in [0.1, 0.15) is 71.1 Å². The van der Waals surface area contributed by atoms with Crippen molar-refractivity contribution in [2.45, 2.75) is 89.4 Å². The predicted octanol–water partition coefficient (Wildman–Crippen LogP) is 2.38. The van der Waals surface area contributed by atoms with Crippen LogP contribution in [-0.2, 0) is 14.3 Å². The molecule has 2 unspecified atom stereocenters. The molecule has 0 radical (unpaired) electrons. The molecule has 1 saturated heterocycles. The number of carbonyl (C=O) groups excluding carboxylic acids is 2. The first-order valence-corrected chi connectivity index (χ1v) is 10.0. The maximum absolute atomic E-state index is 12.9. The zero-order valence-electron chi connectivity index (χ0n) is 16.1. The fraction of sp³-hybridized carbons (Fsp3) is 0.895. The number of halogens is 1. The number of hydrogen-bond acceptors (Lipinski definition) is 4. The fourth-order valence-electron chi connectivity index (χ4n) is 3.91. The molecule has 1 heterocycles. The largest absolute Gasteiger partial charge is 0.365 e. The summed E-state index contributed by atoms with van der Waals surface area (Å²) in [5.41, 5.74) is 5.41. The van der Waals surface area contributed by atoms with Crippen LogP contribution in [-0.4, -0.2) is 54.6 Å². The van der Waals surface area contributed by atoms with Gasteiger partial charge in [0.05, 0.1) is 6.10 Å². The lowest BCUT2D eigenvalue weighted by molar-refractivity contribution is -0.150. The van der Waals surface area contributed by atoms with Gasteiger partial charge in [0.15, 0.2) is 0 Å². The highest BCUT2D eigenvalue weighted by Crippen LogP contribution is 2.23. The third kappa shape index (κ3) is 7.41. The van der Waals surface area contributed by atoms with Gasteiger partial charge in [-0.1, -0.05) is 25.7 Å². The molecule has 0 bridgehead atoms. The summed E-state index contributed by atoms with van der Waals surface area (Å²) in [5.74, 6) is 0.0326. The van der Waals surface area contributed by atoms with E-state index in [0.29, 0.717) is 19.5 Å². The lowest BCUT2D eigenvalue weighted by atomic mass is 10.0. The minimum Gasteiger partial charge on any atom is -0.365 e. The first kappa shape index (κ1) is 23.2.